The number of ether oxygens (including phenoxy) is 1. The molecule has 3 rings (SSSR count). The molecule has 0 aliphatic rings. The second kappa shape index (κ2) is 8.06. The molecule has 0 saturated heterocycles. The minimum Gasteiger partial charge on any atom is -0.487 e. The van der Waals surface area contributed by atoms with Crippen molar-refractivity contribution in [3.8, 4) is 5.75 Å². The average Bonchev–Trinajstić information content (AvgIpc) is 3.07. The molecule has 0 saturated carbocycles. The van der Waals surface area contributed by atoms with Crippen molar-refractivity contribution in [1.82, 2.24) is 14.9 Å². The van der Waals surface area contributed by atoms with Gasteiger partial charge in [0.25, 0.3) is 0 Å². The van der Waals surface area contributed by atoms with E-state index in [1.807, 2.05) is 0 Å². The van der Waals surface area contributed by atoms with Crippen LogP contribution in [-0.2, 0) is 6.61 Å². The lowest BCUT2D eigenvalue weighted by Gasteiger charge is -2.12. The molecule has 5 nitrogen and oxygen atoms in total. The normalized spacial score (nSPS) is 11.2. The molecule has 0 aliphatic heterocycles. The van der Waals surface area contributed by atoms with Gasteiger partial charge in [0.1, 0.15) is 25.0 Å². The summed E-state index contributed by atoms with van der Waals surface area (Å²) >= 11 is 24.4. The summed E-state index contributed by atoms with van der Waals surface area (Å²) in [7, 11) is 0. The van der Waals surface area contributed by atoms with Crippen molar-refractivity contribution in [3.05, 3.63) is 74.2 Å². The lowest BCUT2D eigenvalue weighted by atomic mass is 10.2. The van der Waals surface area contributed by atoms with Crippen molar-refractivity contribution >= 4 is 52.6 Å². The third-order valence-electron chi connectivity index (χ3n) is 3.16. The van der Waals surface area contributed by atoms with E-state index in [1.165, 1.54) is 17.3 Å². The van der Waals surface area contributed by atoms with Crippen LogP contribution >= 0.6 is 46.4 Å². The van der Waals surface area contributed by atoms with Crippen LogP contribution in [0.25, 0.3) is 0 Å². The zero-order valence-corrected chi connectivity index (χ0v) is 15.6. The van der Waals surface area contributed by atoms with Gasteiger partial charge in [0.15, 0.2) is 0 Å². The van der Waals surface area contributed by atoms with Gasteiger partial charge >= 0.3 is 0 Å². The van der Waals surface area contributed by atoms with Gasteiger partial charge in [-0.2, -0.15) is 5.10 Å². The third kappa shape index (κ3) is 4.64. The molecule has 1 aromatic heterocycles. The van der Waals surface area contributed by atoms with Gasteiger partial charge in [-0.1, -0.05) is 52.5 Å². The summed E-state index contributed by atoms with van der Waals surface area (Å²) in [5.41, 5.74) is 1.38. The number of hydrogen-bond donors (Lipinski definition) is 0. The molecular weight excluding hydrogens is 406 g/mol. The molecule has 9 heteroatoms. The fourth-order valence-corrected chi connectivity index (χ4v) is 3.03. The Kier molecular flexibility index (Phi) is 5.81. The largest absolute Gasteiger partial charge is 0.487 e. The predicted molar refractivity (Wildman–Crippen MR) is 100 cm³/mol. The van der Waals surface area contributed by atoms with Gasteiger partial charge in [0, 0.05) is 26.2 Å². The Hall–Kier alpha value is -1.79. The number of nitrogens with zero attached hydrogens (tertiary/aromatic N) is 4. The highest BCUT2D eigenvalue weighted by atomic mass is 35.5. The summed E-state index contributed by atoms with van der Waals surface area (Å²) in [5.74, 6) is 0.439. The van der Waals surface area contributed by atoms with E-state index in [1.54, 1.807) is 36.5 Å². The highest BCUT2D eigenvalue weighted by Crippen LogP contribution is 2.33. The Morgan fingerprint density at radius 2 is 1.68 bits per heavy atom. The third-order valence-corrected chi connectivity index (χ3v) is 4.25. The Bertz CT molecular complexity index is 913. The van der Waals surface area contributed by atoms with Crippen LogP contribution < -0.4 is 4.74 Å². The Balaban J connectivity index is 1.87. The number of hydrogen-bond acceptors (Lipinski definition) is 4. The smallest absolute Gasteiger partial charge is 0.147 e. The monoisotopic (exact) mass is 414 g/mol. The Morgan fingerprint density at radius 3 is 2.40 bits per heavy atom. The van der Waals surface area contributed by atoms with Gasteiger partial charge < -0.3 is 4.74 Å². The van der Waals surface area contributed by atoms with Crippen LogP contribution in [-0.4, -0.2) is 21.1 Å². The van der Waals surface area contributed by atoms with Gasteiger partial charge in [-0.3, -0.25) is 0 Å². The van der Waals surface area contributed by atoms with E-state index in [2.05, 4.69) is 15.3 Å². The summed E-state index contributed by atoms with van der Waals surface area (Å²) in [6.07, 6.45) is 4.47. The SMILES string of the molecule is Clc1ccc(COc2c(Cl)cc(Cl)cc2C=Nn2cnnc2)c(Cl)c1. The first kappa shape index (κ1) is 18.0. The van der Waals surface area contributed by atoms with Crippen molar-refractivity contribution in [3.63, 3.8) is 0 Å². The topological polar surface area (TPSA) is 52.3 Å². The van der Waals surface area contributed by atoms with Crippen LogP contribution in [0.15, 0.2) is 48.1 Å². The molecule has 0 N–H and O–H groups in total. The molecule has 0 aliphatic carbocycles. The van der Waals surface area contributed by atoms with E-state index in [0.717, 1.165) is 5.56 Å². The van der Waals surface area contributed by atoms with Crippen molar-refractivity contribution in [1.29, 1.82) is 0 Å². The molecular formula is C16H10Cl4N4O. The van der Waals surface area contributed by atoms with Crippen LogP contribution in [0.5, 0.6) is 5.75 Å². The quantitative estimate of drug-likeness (QED) is 0.527. The highest BCUT2D eigenvalue weighted by molar-refractivity contribution is 6.36. The molecule has 0 radical (unpaired) electrons. The first-order valence-electron chi connectivity index (χ1n) is 6.97. The maximum absolute atomic E-state index is 6.27. The zero-order valence-electron chi connectivity index (χ0n) is 12.5. The molecule has 1 heterocycles. The standard InChI is InChI=1S/C16H10Cl4N4O/c17-12-2-1-10(14(19)4-12)7-25-16-11(3-13(18)5-15(16)20)6-23-24-8-21-22-9-24/h1-6,8-9H,7H2. The molecule has 128 valence electrons. The molecule has 0 amide bonds. The van der Waals surface area contributed by atoms with E-state index >= 15 is 0 Å². The van der Waals surface area contributed by atoms with Gasteiger partial charge in [-0.15, -0.1) is 10.2 Å². The average molecular weight is 416 g/mol. The van der Waals surface area contributed by atoms with E-state index in [4.69, 9.17) is 51.1 Å². The lowest BCUT2D eigenvalue weighted by molar-refractivity contribution is 0.306. The van der Waals surface area contributed by atoms with E-state index < -0.39 is 0 Å². The minimum absolute atomic E-state index is 0.213. The summed E-state index contributed by atoms with van der Waals surface area (Å²) in [5, 5.41) is 13.4. The van der Waals surface area contributed by atoms with Gasteiger partial charge in [0.2, 0.25) is 0 Å². The van der Waals surface area contributed by atoms with Crippen molar-refractivity contribution in [2.24, 2.45) is 5.10 Å². The fourth-order valence-electron chi connectivity index (χ4n) is 2.00. The molecule has 0 unspecified atom stereocenters. The van der Waals surface area contributed by atoms with Crippen LogP contribution in [0, 0.1) is 0 Å². The van der Waals surface area contributed by atoms with E-state index in [-0.39, 0.29) is 6.61 Å². The van der Waals surface area contributed by atoms with Gasteiger partial charge in [0.05, 0.1) is 11.2 Å². The molecule has 2 aromatic carbocycles. The summed E-state index contributed by atoms with van der Waals surface area (Å²) in [6, 6.07) is 8.47. The minimum atomic E-state index is 0.213. The Morgan fingerprint density at radius 1 is 0.960 bits per heavy atom. The second-order valence-corrected chi connectivity index (χ2v) is 6.60. The summed E-state index contributed by atoms with van der Waals surface area (Å²) < 4.78 is 7.29. The number of halogens is 4. The number of benzene rings is 2. The molecule has 0 fully saturated rings. The van der Waals surface area contributed by atoms with E-state index in [9.17, 15) is 0 Å². The summed E-state index contributed by atoms with van der Waals surface area (Å²) in [4.78, 5) is 0. The maximum atomic E-state index is 6.27. The van der Waals surface area contributed by atoms with Crippen LogP contribution in [0.1, 0.15) is 11.1 Å². The molecule has 0 atom stereocenters. The van der Waals surface area contributed by atoms with Crippen molar-refractivity contribution in [2.75, 3.05) is 0 Å². The number of rotatable bonds is 5. The van der Waals surface area contributed by atoms with Crippen molar-refractivity contribution < 1.29 is 4.74 Å². The van der Waals surface area contributed by atoms with E-state index in [0.29, 0.717) is 31.4 Å². The first-order valence-corrected chi connectivity index (χ1v) is 8.49. The van der Waals surface area contributed by atoms with Crippen LogP contribution in [0.2, 0.25) is 20.1 Å². The van der Waals surface area contributed by atoms with Crippen LogP contribution in [0.3, 0.4) is 0 Å². The first-order chi connectivity index (χ1) is 12.0. The lowest BCUT2D eigenvalue weighted by Crippen LogP contribution is -2.00. The van der Waals surface area contributed by atoms with Gasteiger partial charge in [-0.25, -0.2) is 4.68 Å². The maximum Gasteiger partial charge on any atom is 0.147 e. The number of aromatic nitrogens is 3. The van der Waals surface area contributed by atoms with Crippen LogP contribution in [0.4, 0.5) is 0 Å². The fraction of sp³-hybridized carbons (Fsp3) is 0.0625. The zero-order chi connectivity index (χ0) is 17.8. The molecule has 0 bridgehead atoms. The Labute approximate surface area is 163 Å². The van der Waals surface area contributed by atoms with Gasteiger partial charge in [-0.05, 0) is 24.3 Å². The molecule has 25 heavy (non-hydrogen) atoms. The van der Waals surface area contributed by atoms with Crippen molar-refractivity contribution in [2.45, 2.75) is 6.61 Å². The second-order valence-electron chi connectivity index (χ2n) is 4.92. The predicted octanol–water partition coefficient (Wildman–Crippen LogP) is 5.35. The molecule has 0 spiro atoms. The summed E-state index contributed by atoms with van der Waals surface area (Å²) in [6.45, 7) is 0.213. The highest BCUT2D eigenvalue weighted by Gasteiger charge is 2.11. The molecule has 3 aromatic rings.